The molecule has 16 heavy (non-hydrogen) atoms. The smallest absolute Gasteiger partial charge is 0.339 e. The molecule has 0 aliphatic carbocycles. The molecule has 0 aliphatic heterocycles. The van der Waals surface area contributed by atoms with Crippen LogP contribution in [0.2, 0.25) is 5.02 Å². The van der Waals surface area contributed by atoms with E-state index in [9.17, 15) is 4.79 Å². The van der Waals surface area contributed by atoms with Gasteiger partial charge in [0.15, 0.2) is 0 Å². The maximum atomic E-state index is 11.4. The number of esters is 1. The molecule has 2 aromatic rings. The summed E-state index contributed by atoms with van der Waals surface area (Å²) < 4.78 is 6.29. The van der Waals surface area contributed by atoms with Gasteiger partial charge in [-0.3, -0.25) is 4.57 Å². The van der Waals surface area contributed by atoms with Crippen LogP contribution in [0.1, 0.15) is 10.4 Å². The average molecular weight is 238 g/mol. The molecule has 2 rings (SSSR count). The fraction of sp³-hybridized carbons (Fsp3) is 0.100. The third-order valence-corrected chi connectivity index (χ3v) is 2.40. The predicted molar refractivity (Wildman–Crippen MR) is 57.7 cm³/mol. The number of aromatic nitrogens is 3. The Bertz CT molecular complexity index is 511. The number of rotatable bonds is 2. The van der Waals surface area contributed by atoms with E-state index in [0.717, 1.165) is 5.69 Å². The Morgan fingerprint density at radius 1 is 1.38 bits per heavy atom. The van der Waals surface area contributed by atoms with Crippen LogP contribution in [0.15, 0.2) is 30.9 Å². The number of halogens is 1. The van der Waals surface area contributed by atoms with Crippen molar-refractivity contribution < 1.29 is 9.53 Å². The summed E-state index contributed by atoms with van der Waals surface area (Å²) in [6.45, 7) is 0. The van der Waals surface area contributed by atoms with Crippen LogP contribution < -0.4 is 0 Å². The summed E-state index contributed by atoms with van der Waals surface area (Å²) in [6.07, 6.45) is 3.06. The summed E-state index contributed by atoms with van der Waals surface area (Å²) >= 11 is 5.89. The van der Waals surface area contributed by atoms with E-state index in [1.807, 2.05) is 0 Å². The number of ether oxygens (including phenoxy) is 1. The molecule has 6 heteroatoms. The fourth-order valence-electron chi connectivity index (χ4n) is 1.27. The Morgan fingerprint density at radius 3 is 2.69 bits per heavy atom. The number of nitrogens with zero attached hydrogens (tertiary/aromatic N) is 3. The van der Waals surface area contributed by atoms with Crippen molar-refractivity contribution in [2.24, 2.45) is 0 Å². The predicted octanol–water partition coefficient (Wildman–Crippen LogP) is 1.71. The Kier molecular flexibility index (Phi) is 2.87. The molecule has 0 amide bonds. The summed E-state index contributed by atoms with van der Waals surface area (Å²) in [6, 6.07) is 5.01. The van der Waals surface area contributed by atoms with Gasteiger partial charge in [-0.2, -0.15) is 0 Å². The zero-order valence-corrected chi connectivity index (χ0v) is 9.18. The Balaban J connectivity index is 2.47. The highest BCUT2D eigenvalue weighted by molar-refractivity contribution is 6.33. The number of methoxy groups -OCH3 is 1. The van der Waals surface area contributed by atoms with Crippen molar-refractivity contribution in [2.75, 3.05) is 7.11 Å². The molecule has 0 aliphatic rings. The minimum absolute atomic E-state index is 0.315. The van der Waals surface area contributed by atoms with Crippen LogP contribution in [-0.2, 0) is 4.74 Å². The lowest BCUT2D eigenvalue weighted by Crippen LogP contribution is -2.03. The molecule has 5 nitrogen and oxygen atoms in total. The lowest BCUT2D eigenvalue weighted by atomic mass is 10.2. The van der Waals surface area contributed by atoms with Gasteiger partial charge in [0, 0.05) is 5.69 Å². The second kappa shape index (κ2) is 4.32. The number of benzene rings is 1. The molecule has 0 spiro atoms. The van der Waals surface area contributed by atoms with Gasteiger partial charge in [0.25, 0.3) is 0 Å². The van der Waals surface area contributed by atoms with Crippen LogP contribution >= 0.6 is 11.6 Å². The van der Waals surface area contributed by atoms with Gasteiger partial charge in [-0.25, -0.2) is 4.79 Å². The van der Waals surface area contributed by atoms with Crippen molar-refractivity contribution >= 4 is 17.6 Å². The highest BCUT2D eigenvalue weighted by Crippen LogP contribution is 2.20. The van der Waals surface area contributed by atoms with Crippen LogP contribution in [0.3, 0.4) is 0 Å². The van der Waals surface area contributed by atoms with Gasteiger partial charge < -0.3 is 4.74 Å². The van der Waals surface area contributed by atoms with E-state index in [1.165, 1.54) is 19.8 Å². The second-order valence-corrected chi connectivity index (χ2v) is 3.43. The van der Waals surface area contributed by atoms with Gasteiger partial charge in [0.2, 0.25) is 0 Å². The summed E-state index contributed by atoms with van der Waals surface area (Å²) in [5.74, 6) is -0.472. The van der Waals surface area contributed by atoms with Gasteiger partial charge in [-0.1, -0.05) is 11.6 Å². The third kappa shape index (κ3) is 1.90. The number of hydrogen-bond acceptors (Lipinski definition) is 4. The SMILES string of the molecule is COC(=O)c1cc(-n2cnnc2)ccc1Cl. The van der Waals surface area contributed by atoms with Gasteiger partial charge in [0.1, 0.15) is 12.7 Å². The summed E-state index contributed by atoms with van der Waals surface area (Å²) in [7, 11) is 1.31. The zero-order valence-electron chi connectivity index (χ0n) is 8.42. The van der Waals surface area contributed by atoms with Crippen LogP contribution in [0.5, 0.6) is 0 Å². The van der Waals surface area contributed by atoms with E-state index < -0.39 is 5.97 Å². The lowest BCUT2D eigenvalue weighted by Gasteiger charge is -2.05. The number of carbonyl (C=O) groups is 1. The maximum absolute atomic E-state index is 11.4. The highest BCUT2D eigenvalue weighted by Gasteiger charge is 2.11. The standard InChI is InChI=1S/C10H8ClN3O2/c1-16-10(15)8-4-7(2-3-9(8)11)14-5-12-13-6-14/h2-6H,1H3. The number of carbonyl (C=O) groups excluding carboxylic acids is 1. The first-order valence-corrected chi connectivity index (χ1v) is 4.83. The van der Waals surface area contributed by atoms with E-state index in [0.29, 0.717) is 10.6 Å². The van der Waals surface area contributed by atoms with E-state index in [-0.39, 0.29) is 0 Å². The molecule has 1 aromatic carbocycles. The topological polar surface area (TPSA) is 57.0 Å². The monoisotopic (exact) mass is 237 g/mol. The molecule has 1 aromatic heterocycles. The van der Waals surface area contributed by atoms with Crippen molar-refractivity contribution in [3.8, 4) is 5.69 Å². The first-order valence-electron chi connectivity index (χ1n) is 4.45. The van der Waals surface area contributed by atoms with E-state index in [4.69, 9.17) is 11.6 Å². The molecule has 1 heterocycles. The molecule has 0 bridgehead atoms. The van der Waals surface area contributed by atoms with Gasteiger partial charge >= 0.3 is 5.97 Å². The lowest BCUT2D eigenvalue weighted by molar-refractivity contribution is 0.0601. The van der Waals surface area contributed by atoms with E-state index >= 15 is 0 Å². The van der Waals surface area contributed by atoms with E-state index in [1.54, 1.807) is 22.8 Å². The molecular weight excluding hydrogens is 230 g/mol. The van der Waals surface area contributed by atoms with Crippen LogP contribution in [0.4, 0.5) is 0 Å². The largest absolute Gasteiger partial charge is 0.465 e. The van der Waals surface area contributed by atoms with Crippen molar-refractivity contribution in [1.82, 2.24) is 14.8 Å². The molecule has 0 saturated carbocycles. The van der Waals surface area contributed by atoms with E-state index in [2.05, 4.69) is 14.9 Å². The fourth-order valence-corrected chi connectivity index (χ4v) is 1.47. The van der Waals surface area contributed by atoms with Crippen molar-refractivity contribution in [1.29, 1.82) is 0 Å². The molecular formula is C10H8ClN3O2. The zero-order chi connectivity index (χ0) is 11.5. The first kappa shape index (κ1) is 10.6. The van der Waals surface area contributed by atoms with Gasteiger partial charge in [-0.15, -0.1) is 10.2 Å². The molecule has 0 N–H and O–H groups in total. The quantitative estimate of drug-likeness (QED) is 0.746. The summed E-state index contributed by atoms with van der Waals surface area (Å²) in [5.41, 5.74) is 1.06. The summed E-state index contributed by atoms with van der Waals surface area (Å²) in [5, 5.41) is 7.71. The van der Waals surface area contributed by atoms with Crippen molar-refractivity contribution in [2.45, 2.75) is 0 Å². The third-order valence-electron chi connectivity index (χ3n) is 2.07. The highest BCUT2D eigenvalue weighted by atomic mass is 35.5. The normalized spacial score (nSPS) is 10.1. The molecule has 0 fully saturated rings. The summed E-state index contributed by atoms with van der Waals surface area (Å²) in [4.78, 5) is 11.4. The molecule has 0 atom stereocenters. The Labute approximate surface area is 96.6 Å². The molecule has 0 saturated heterocycles. The van der Waals surface area contributed by atoms with Crippen LogP contribution in [0.25, 0.3) is 5.69 Å². The second-order valence-electron chi connectivity index (χ2n) is 3.02. The van der Waals surface area contributed by atoms with Crippen molar-refractivity contribution in [3.05, 3.63) is 41.4 Å². The van der Waals surface area contributed by atoms with Crippen LogP contribution in [-0.4, -0.2) is 27.8 Å². The number of hydrogen-bond donors (Lipinski definition) is 0. The molecule has 82 valence electrons. The first-order chi connectivity index (χ1) is 7.72. The Hall–Kier alpha value is -1.88. The van der Waals surface area contributed by atoms with Gasteiger partial charge in [-0.05, 0) is 18.2 Å². The van der Waals surface area contributed by atoms with Crippen LogP contribution in [0, 0.1) is 0 Å². The minimum atomic E-state index is -0.472. The average Bonchev–Trinajstić information content (AvgIpc) is 2.82. The molecule has 0 radical (unpaired) electrons. The maximum Gasteiger partial charge on any atom is 0.339 e. The van der Waals surface area contributed by atoms with Gasteiger partial charge in [0.05, 0.1) is 17.7 Å². The molecule has 0 unspecified atom stereocenters. The Morgan fingerprint density at radius 2 is 2.06 bits per heavy atom. The van der Waals surface area contributed by atoms with Crippen molar-refractivity contribution in [3.63, 3.8) is 0 Å². The minimum Gasteiger partial charge on any atom is -0.465 e.